The molecule has 0 aliphatic heterocycles. The molecule has 2 amide bonds. The highest BCUT2D eigenvalue weighted by molar-refractivity contribution is 7.10. The number of hydrogen-bond acceptors (Lipinski definition) is 4. The number of thiazole rings is 1. The van der Waals surface area contributed by atoms with Crippen molar-refractivity contribution in [2.45, 2.75) is 31.4 Å². The lowest BCUT2D eigenvalue weighted by atomic mass is 9.74. The van der Waals surface area contributed by atoms with Crippen molar-refractivity contribution in [1.82, 2.24) is 10.3 Å². The highest BCUT2D eigenvalue weighted by Gasteiger charge is 2.36. The molecule has 3 aromatic rings. The lowest BCUT2D eigenvalue weighted by molar-refractivity contribution is -0.0387. The summed E-state index contributed by atoms with van der Waals surface area (Å²) in [5.41, 5.74) is 3.46. The van der Waals surface area contributed by atoms with Gasteiger partial charge in [0.05, 0.1) is 5.60 Å². The molecule has 4 rings (SSSR count). The predicted molar refractivity (Wildman–Crippen MR) is 116 cm³/mol. The van der Waals surface area contributed by atoms with Gasteiger partial charge in [0.2, 0.25) is 0 Å². The Morgan fingerprint density at radius 2 is 2.00 bits per heavy atom. The number of rotatable bonds is 5. The van der Waals surface area contributed by atoms with E-state index in [-0.39, 0.29) is 6.03 Å². The van der Waals surface area contributed by atoms with Crippen molar-refractivity contribution in [3.05, 3.63) is 70.0 Å². The van der Waals surface area contributed by atoms with Gasteiger partial charge in [0.15, 0.2) is 5.01 Å². The summed E-state index contributed by atoms with van der Waals surface area (Å²) in [6, 6.07) is 15.8. The molecule has 0 saturated heterocycles. The number of anilines is 1. The highest BCUT2D eigenvalue weighted by Crippen LogP contribution is 2.41. The number of aliphatic hydroxyl groups is 1. The van der Waals surface area contributed by atoms with E-state index in [1.165, 1.54) is 11.3 Å². The Kier molecular flexibility index (Phi) is 5.34. The SMILES string of the molecule is C#Cc1nc(NC(=O)NCc2ccc(-c3cccc(C4(O)CCC4)c3)cc2)cs1. The Bertz CT molecular complexity index is 1060. The molecule has 0 unspecified atom stereocenters. The number of carbonyl (C=O) groups is 1. The third-order valence-electron chi connectivity index (χ3n) is 5.19. The minimum absolute atomic E-state index is 0.329. The van der Waals surface area contributed by atoms with Crippen molar-refractivity contribution in [3.8, 4) is 23.5 Å². The molecule has 146 valence electrons. The predicted octanol–water partition coefficient (Wildman–Crippen LogP) is 4.48. The van der Waals surface area contributed by atoms with Crippen molar-refractivity contribution in [2.75, 3.05) is 5.32 Å². The smallest absolute Gasteiger partial charge is 0.320 e. The Labute approximate surface area is 173 Å². The van der Waals surface area contributed by atoms with E-state index in [0.717, 1.165) is 41.5 Å². The molecule has 5 nitrogen and oxygen atoms in total. The van der Waals surface area contributed by atoms with Crippen LogP contribution in [0.2, 0.25) is 0 Å². The van der Waals surface area contributed by atoms with E-state index in [1.807, 2.05) is 42.5 Å². The summed E-state index contributed by atoms with van der Waals surface area (Å²) < 4.78 is 0. The summed E-state index contributed by atoms with van der Waals surface area (Å²) in [6.07, 6.45) is 8.01. The van der Waals surface area contributed by atoms with Crippen LogP contribution in [0.15, 0.2) is 53.9 Å². The maximum absolute atomic E-state index is 12.0. The number of carbonyl (C=O) groups excluding carboxylic acids is 1. The topological polar surface area (TPSA) is 74.2 Å². The molecule has 1 aromatic heterocycles. The second-order valence-corrected chi connectivity index (χ2v) is 8.01. The van der Waals surface area contributed by atoms with Gasteiger partial charge in [0.1, 0.15) is 5.82 Å². The van der Waals surface area contributed by atoms with Gasteiger partial charge in [-0.3, -0.25) is 5.32 Å². The normalized spacial score (nSPS) is 14.5. The molecule has 1 fully saturated rings. The van der Waals surface area contributed by atoms with Crippen molar-refractivity contribution in [2.24, 2.45) is 0 Å². The lowest BCUT2D eigenvalue weighted by Crippen LogP contribution is -2.33. The Morgan fingerprint density at radius 3 is 2.66 bits per heavy atom. The maximum Gasteiger partial charge on any atom is 0.320 e. The molecule has 0 spiro atoms. The zero-order valence-corrected chi connectivity index (χ0v) is 16.6. The van der Waals surface area contributed by atoms with E-state index < -0.39 is 5.60 Å². The Morgan fingerprint density at radius 1 is 1.21 bits per heavy atom. The second-order valence-electron chi connectivity index (χ2n) is 7.15. The standard InChI is InChI=1S/C23H21N3O2S/c1-2-21-25-20(15-29-21)26-22(27)24-14-16-7-9-17(10-8-16)18-5-3-6-19(13-18)23(28)11-4-12-23/h1,3,5-10,13,15,28H,4,11-12,14H2,(H2,24,26,27). The first-order valence-electron chi connectivity index (χ1n) is 9.45. The van der Waals surface area contributed by atoms with Crippen molar-refractivity contribution >= 4 is 23.2 Å². The van der Waals surface area contributed by atoms with Gasteiger partial charge in [-0.1, -0.05) is 42.5 Å². The third kappa shape index (κ3) is 4.32. The lowest BCUT2D eigenvalue weighted by Gasteiger charge is -2.37. The number of nitrogens with one attached hydrogen (secondary N) is 2. The van der Waals surface area contributed by atoms with Gasteiger partial charge >= 0.3 is 6.03 Å². The third-order valence-corrected chi connectivity index (χ3v) is 5.96. The van der Waals surface area contributed by atoms with Crippen LogP contribution in [0.25, 0.3) is 11.1 Å². The average Bonchev–Trinajstić information content (AvgIpc) is 3.18. The van der Waals surface area contributed by atoms with Crippen LogP contribution in [-0.2, 0) is 12.1 Å². The van der Waals surface area contributed by atoms with Crippen LogP contribution >= 0.6 is 11.3 Å². The molecule has 3 N–H and O–H groups in total. The molecule has 0 radical (unpaired) electrons. The van der Waals surface area contributed by atoms with Crippen LogP contribution in [0.4, 0.5) is 10.6 Å². The molecule has 0 atom stereocenters. The molecular formula is C23H21N3O2S. The van der Waals surface area contributed by atoms with Crippen molar-refractivity contribution in [3.63, 3.8) is 0 Å². The van der Waals surface area contributed by atoms with Gasteiger partial charge in [-0.2, -0.15) is 0 Å². The monoisotopic (exact) mass is 403 g/mol. The molecule has 1 saturated carbocycles. The molecule has 1 heterocycles. The summed E-state index contributed by atoms with van der Waals surface area (Å²) in [4.78, 5) is 16.1. The van der Waals surface area contributed by atoms with E-state index in [4.69, 9.17) is 6.42 Å². The number of amides is 2. The Balaban J connectivity index is 1.36. The van der Waals surface area contributed by atoms with Crippen LogP contribution in [0, 0.1) is 12.3 Å². The summed E-state index contributed by atoms with van der Waals surface area (Å²) >= 11 is 1.31. The zero-order chi connectivity index (χ0) is 20.3. The number of aromatic nitrogens is 1. The van der Waals surface area contributed by atoms with Crippen molar-refractivity contribution in [1.29, 1.82) is 0 Å². The molecule has 0 bridgehead atoms. The van der Waals surface area contributed by atoms with Crippen LogP contribution < -0.4 is 10.6 Å². The number of hydrogen-bond donors (Lipinski definition) is 3. The van der Waals surface area contributed by atoms with Gasteiger partial charge < -0.3 is 10.4 Å². The quantitative estimate of drug-likeness (QED) is 0.550. The van der Waals surface area contributed by atoms with Gasteiger partial charge in [0.25, 0.3) is 0 Å². The van der Waals surface area contributed by atoms with E-state index >= 15 is 0 Å². The van der Waals surface area contributed by atoms with E-state index in [9.17, 15) is 9.90 Å². The van der Waals surface area contributed by atoms with Crippen LogP contribution in [0.3, 0.4) is 0 Å². The molecule has 1 aliphatic rings. The van der Waals surface area contributed by atoms with Gasteiger partial charge in [-0.25, -0.2) is 9.78 Å². The summed E-state index contributed by atoms with van der Waals surface area (Å²) in [7, 11) is 0. The van der Waals surface area contributed by atoms with Gasteiger partial charge in [-0.05, 0) is 53.5 Å². The number of terminal acetylenes is 1. The van der Waals surface area contributed by atoms with Gasteiger partial charge in [-0.15, -0.1) is 17.8 Å². The summed E-state index contributed by atoms with van der Waals surface area (Å²) in [5.74, 6) is 2.89. The summed E-state index contributed by atoms with van der Waals surface area (Å²) in [6.45, 7) is 0.401. The van der Waals surface area contributed by atoms with Crippen LogP contribution in [-0.4, -0.2) is 16.1 Å². The molecule has 6 heteroatoms. The van der Waals surface area contributed by atoms with Gasteiger partial charge in [0, 0.05) is 11.9 Å². The van der Waals surface area contributed by atoms with Crippen LogP contribution in [0.1, 0.15) is 35.4 Å². The first-order chi connectivity index (χ1) is 14.1. The average molecular weight is 404 g/mol. The summed E-state index contributed by atoms with van der Waals surface area (Å²) in [5, 5.41) is 18.3. The van der Waals surface area contributed by atoms with E-state index in [2.05, 4.69) is 27.6 Å². The minimum Gasteiger partial charge on any atom is -0.385 e. The maximum atomic E-state index is 12.0. The van der Waals surface area contributed by atoms with Crippen molar-refractivity contribution < 1.29 is 9.90 Å². The molecule has 1 aliphatic carbocycles. The Hall–Kier alpha value is -3.14. The molecule has 2 aromatic carbocycles. The fourth-order valence-electron chi connectivity index (χ4n) is 3.34. The fraction of sp³-hybridized carbons (Fsp3) is 0.217. The fourth-order valence-corrected chi connectivity index (χ4v) is 3.90. The first-order valence-corrected chi connectivity index (χ1v) is 10.3. The molecule has 29 heavy (non-hydrogen) atoms. The first kappa shape index (κ1) is 19.2. The second kappa shape index (κ2) is 8.08. The minimum atomic E-state index is -0.661. The number of benzene rings is 2. The van der Waals surface area contributed by atoms with Crippen LogP contribution in [0.5, 0.6) is 0 Å². The molecular weight excluding hydrogens is 382 g/mol. The number of nitrogens with zero attached hydrogens (tertiary/aromatic N) is 1. The largest absolute Gasteiger partial charge is 0.385 e. The van der Waals surface area contributed by atoms with E-state index in [1.54, 1.807) is 5.38 Å². The number of urea groups is 1. The zero-order valence-electron chi connectivity index (χ0n) is 15.8. The van der Waals surface area contributed by atoms with E-state index in [0.29, 0.717) is 17.4 Å². The highest BCUT2D eigenvalue weighted by atomic mass is 32.1.